The quantitative estimate of drug-likeness (QED) is 0.454. The molecule has 0 bridgehead atoms. The number of likely N-dealkylation sites (tertiary alicyclic amines) is 1. The Morgan fingerprint density at radius 3 is 2.55 bits per heavy atom. The molecule has 208 valence electrons. The number of benzene rings is 1. The van der Waals surface area contributed by atoms with Crippen LogP contribution in [-0.2, 0) is 9.53 Å². The van der Waals surface area contributed by atoms with Crippen molar-refractivity contribution in [1.82, 2.24) is 9.88 Å². The van der Waals surface area contributed by atoms with Gasteiger partial charge in [-0.05, 0) is 57.0 Å². The zero-order valence-corrected chi connectivity index (χ0v) is 23.3. The molecule has 0 saturated carbocycles. The van der Waals surface area contributed by atoms with E-state index in [1.165, 1.54) is 13.8 Å². The van der Waals surface area contributed by atoms with E-state index in [9.17, 15) is 15.0 Å². The number of hydrogen-bond acceptors (Lipinski definition) is 8. The monoisotopic (exact) mass is 527 g/mol. The smallest absolute Gasteiger partial charge is 0.224 e. The van der Waals surface area contributed by atoms with E-state index < -0.39 is 17.3 Å². The second-order valence-corrected chi connectivity index (χ2v) is 11.3. The van der Waals surface area contributed by atoms with Gasteiger partial charge in [-0.25, -0.2) is 4.98 Å². The third-order valence-electron chi connectivity index (χ3n) is 7.76. The number of aryl methyl sites for hydroxylation is 1. The Morgan fingerprint density at radius 1 is 1.21 bits per heavy atom. The second-order valence-electron chi connectivity index (χ2n) is 11.3. The van der Waals surface area contributed by atoms with E-state index >= 15 is 0 Å². The largest absolute Gasteiger partial charge is 0.493 e. The highest BCUT2D eigenvalue weighted by atomic mass is 16.6. The lowest BCUT2D eigenvalue weighted by molar-refractivity contribution is -0.178. The van der Waals surface area contributed by atoms with Crippen molar-refractivity contribution in [2.45, 2.75) is 65.0 Å². The second kappa shape index (κ2) is 11.1. The Hall–Kier alpha value is -2.88. The van der Waals surface area contributed by atoms with Crippen LogP contribution in [0.15, 0.2) is 36.5 Å². The van der Waals surface area contributed by atoms with Crippen LogP contribution >= 0.6 is 0 Å². The third-order valence-corrected chi connectivity index (χ3v) is 7.76. The summed E-state index contributed by atoms with van der Waals surface area (Å²) >= 11 is 0. The van der Waals surface area contributed by atoms with Crippen molar-refractivity contribution in [3.63, 3.8) is 0 Å². The molecule has 38 heavy (non-hydrogen) atoms. The summed E-state index contributed by atoms with van der Waals surface area (Å²) in [5, 5.41) is 20.5. The number of aromatic nitrogens is 1. The lowest BCUT2D eigenvalue weighted by atomic mass is 9.72. The first-order valence-electron chi connectivity index (χ1n) is 13.2. The van der Waals surface area contributed by atoms with E-state index in [1.54, 1.807) is 18.9 Å². The van der Waals surface area contributed by atoms with Crippen LogP contribution in [0.4, 0.5) is 5.82 Å². The van der Waals surface area contributed by atoms with E-state index in [2.05, 4.69) is 16.0 Å². The molecule has 4 rings (SSSR count). The third kappa shape index (κ3) is 6.22. The van der Waals surface area contributed by atoms with Crippen LogP contribution in [0.3, 0.4) is 0 Å². The van der Waals surface area contributed by atoms with Crippen LogP contribution in [-0.4, -0.2) is 83.9 Å². The first kappa shape index (κ1) is 28.1. The van der Waals surface area contributed by atoms with Gasteiger partial charge in [-0.3, -0.25) is 4.79 Å². The summed E-state index contributed by atoms with van der Waals surface area (Å²) in [7, 11) is 1.62. The van der Waals surface area contributed by atoms with Gasteiger partial charge in [-0.1, -0.05) is 19.1 Å². The summed E-state index contributed by atoms with van der Waals surface area (Å²) in [5.74, 6) is 0.803. The number of carbonyl (C=O) groups is 1. The van der Waals surface area contributed by atoms with Crippen LogP contribution in [0, 0.1) is 12.3 Å². The maximum Gasteiger partial charge on any atom is 0.224 e. The Bertz CT molecular complexity index is 1110. The van der Waals surface area contributed by atoms with Crippen LogP contribution in [0.25, 0.3) is 0 Å². The van der Waals surface area contributed by atoms with Gasteiger partial charge in [-0.15, -0.1) is 0 Å². The molecule has 2 N–H and O–H groups in total. The van der Waals surface area contributed by atoms with E-state index in [0.29, 0.717) is 24.6 Å². The normalized spacial score (nSPS) is 22.8. The van der Waals surface area contributed by atoms with Gasteiger partial charge in [0.25, 0.3) is 0 Å². The van der Waals surface area contributed by atoms with Crippen molar-refractivity contribution in [2.24, 2.45) is 5.41 Å². The highest BCUT2D eigenvalue weighted by Gasteiger charge is 2.48. The summed E-state index contributed by atoms with van der Waals surface area (Å²) in [6.07, 6.45) is 1.40. The molecule has 0 spiro atoms. The molecule has 2 aliphatic heterocycles. The summed E-state index contributed by atoms with van der Waals surface area (Å²) in [6.45, 7) is 11.4. The molecule has 9 nitrogen and oxygen atoms in total. The molecule has 2 aliphatic rings. The average Bonchev–Trinajstić information content (AvgIpc) is 3.20. The number of hydrogen-bond donors (Lipinski definition) is 2. The van der Waals surface area contributed by atoms with Gasteiger partial charge >= 0.3 is 0 Å². The lowest BCUT2D eigenvalue weighted by Gasteiger charge is -2.40. The summed E-state index contributed by atoms with van der Waals surface area (Å²) in [5.41, 5.74) is 1.58. The predicted octanol–water partition coefficient (Wildman–Crippen LogP) is 3.11. The minimum atomic E-state index is -1.28. The van der Waals surface area contributed by atoms with E-state index in [0.717, 1.165) is 30.0 Å². The highest BCUT2D eigenvalue weighted by Crippen LogP contribution is 2.47. The number of methoxy groups -OCH3 is 1. The molecular weight excluding hydrogens is 486 g/mol. The average molecular weight is 528 g/mol. The molecule has 1 aromatic heterocycles. The zero-order chi connectivity index (χ0) is 27.7. The number of ether oxygens (including phenoxy) is 3. The summed E-state index contributed by atoms with van der Waals surface area (Å²) < 4.78 is 17.3. The fourth-order valence-electron chi connectivity index (χ4n) is 5.19. The van der Waals surface area contributed by atoms with Gasteiger partial charge in [0.2, 0.25) is 5.91 Å². The number of nitrogens with zero attached hydrogens (tertiary/aromatic N) is 3. The number of aliphatic hydroxyl groups excluding tert-OH is 1. The maximum atomic E-state index is 13.0. The molecule has 0 aliphatic carbocycles. The molecule has 3 atom stereocenters. The number of anilines is 1. The Morgan fingerprint density at radius 2 is 1.95 bits per heavy atom. The van der Waals surface area contributed by atoms with E-state index in [4.69, 9.17) is 14.2 Å². The summed E-state index contributed by atoms with van der Waals surface area (Å²) in [4.78, 5) is 21.4. The molecule has 2 fully saturated rings. The number of amides is 1. The minimum absolute atomic E-state index is 0.00262. The number of pyridine rings is 1. The van der Waals surface area contributed by atoms with Gasteiger partial charge in [-0.2, -0.15) is 0 Å². The molecule has 1 aromatic carbocycles. The predicted molar refractivity (Wildman–Crippen MR) is 145 cm³/mol. The Kier molecular flexibility index (Phi) is 8.20. The first-order valence-corrected chi connectivity index (χ1v) is 13.2. The molecule has 2 saturated heterocycles. The highest BCUT2D eigenvalue weighted by molar-refractivity contribution is 5.77. The van der Waals surface area contributed by atoms with Crippen molar-refractivity contribution in [3.05, 3.63) is 47.7 Å². The number of aliphatic hydroxyl groups is 2. The van der Waals surface area contributed by atoms with Crippen molar-refractivity contribution in [1.29, 1.82) is 0 Å². The molecule has 2 aromatic rings. The first-order chi connectivity index (χ1) is 17.9. The molecule has 0 unspecified atom stereocenters. The summed E-state index contributed by atoms with van der Waals surface area (Å²) in [6, 6.07) is 9.95. The fourth-order valence-corrected chi connectivity index (χ4v) is 5.19. The van der Waals surface area contributed by atoms with E-state index in [1.807, 2.05) is 44.3 Å². The lowest BCUT2D eigenvalue weighted by Crippen LogP contribution is -2.54. The van der Waals surface area contributed by atoms with Gasteiger partial charge in [0, 0.05) is 30.6 Å². The SMILES string of the molecule is COc1ccc([C@@H]2CN(C(=O)CCOC(C)(C)O)C[C@@]2(C)[C@@H](C)O)cc1OC1CN(c2ccc(C)cn2)C1. The molecule has 0 radical (unpaired) electrons. The van der Waals surface area contributed by atoms with Gasteiger partial charge in [0.05, 0.1) is 39.3 Å². The zero-order valence-electron chi connectivity index (χ0n) is 23.3. The Labute approximate surface area is 225 Å². The number of rotatable bonds is 10. The topological polar surface area (TPSA) is 105 Å². The van der Waals surface area contributed by atoms with E-state index in [-0.39, 0.29) is 31.0 Å². The van der Waals surface area contributed by atoms with Crippen molar-refractivity contribution in [2.75, 3.05) is 44.8 Å². The van der Waals surface area contributed by atoms with Gasteiger partial charge in [0.15, 0.2) is 17.3 Å². The van der Waals surface area contributed by atoms with Crippen LogP contribution in [0.1, 0.15) is 51.2 Å². The minimum Gasteiger partial charge on any atom is -0.493 e. The van der Waals surface area contributed by atoms with Gasteiger partial charge < -0.3 is 34.2 Å². The molecular formula is C29H41N3O6. The maximum absolute atomic E-state index is 13.0. The number of carbonyl (C=O) groups excluding carboxylic acids is 1. The fraction of sp³-hybridized carbons (Fsp3) is 0.586. The van der Waals surface area contributed by atoms with Crippen molar-refractivity contribution < 1.29 is 29.2 Å². The van der Waals surface area contributed by atoms with Gasteiger partial charge in [0.1, 0.15) is 11.9 Å². The molecule has 9 heteroatoms. The van der Waals surface area contributed by atoms with Crippen molar-refractivity contribution >= 4 is 11.7 Å². The van der Waals surface area contributed by atoms with Crippen LogP contribution in [0.5, 0.6) is 11.5 Å². The van der Waals surface area contributed by atoms with Crippen LogP contribution in [0.2, 0.25) is 0 Å². The molecule has 3 heterocycles. The molecule has 1 amide bonds. The standard InChI is InChI=1S/C29H41N3O6/c1-19-7-10-26(30-14-19)31-15-22(16-31)38-25-13-21(8-9-24(25)36-6)23-17-32(18-29(23,5)20(2)33)27(34)11-12-37-28(3,4)35/h7-10,13-14,20,22-23,33,35H,11-12,15-18H2,1-6H3/t20-,23+,29+/m1/s1. The van der Waals surface area contributed by atoms with Crippen LogP contribution < -0.4 is 14.4 Å². The van der Waals surface area contributed by atoms with Crippen molar-refractivity contribution in [3.8, 4) is 11.5 Å². The Balaban J connectivity index is 1.46.